The van der Waals surface area contributed by atoms with E-state index in [0.717, 1.165) is 5.56 Å². The minimum absolute atomic E-state index is 0.221. The molecule has 0 spiro atoms. The Labute approximate surface area is 211 Å². The van der Waals surface area contributed by atoms with Gasteiger partial charge in [0.2, 0.25) is 0 Å². The lowest BCUT2D eigenvalue weighted by atomic mass is 10.1. The van der Waals surface area contributed by atoms with E-state index in [2.05, 4.69) is 31.8 Å². The van der Waals surface area contributed by atoms with Gasteiger partial charge in [0.15, 0.2) is 18.1 Å². The van der Waals surface area contributed by atoms with Gasteiger partial charge >= 0.3 is 0 Å². The van der Waals surface area contributed by atoms with Crippen LogP contribution in [-0.2, 0) is 4.79 Å². The van der Waals surface area contributed by atoms with Crippen LogP contribution in [0.25, 0.3) is 0 Å². The molecular weight excluding hydrogens is 522 g/mol. The predicted octanol–water partition coefficient (Wildman–Crippen LogP) is 5.59. The van der Waals surface area contributed by atoms with E-state index in [1.807, 2.05) is 26.0 Å². The number of ether oxygens (including phenoxy) is 2. The summed E-state index contributed by atoms with van der Waals surface area (Å²) in [6.07, 6.45) is 1.50. The second-order valence-corrected chi connectivity index (χ2v) is 8.46. The fraction of sp³-hybridized carbons (Fsp3) is 0.160. The first kappa shape index (κ1) is 25.3. The van der Waals surface area contributed by atoms with Crippen LogP contribution in [-0.4, -0.2) is 31.2 Å². The molecule has 0 heterocycles. The summed E-state index contributed by atoms with van der Waals surface area (Å²) in [5, 5.41) is 7.34. The molecule has 2 N–H and O–H groups in total. The van der Waals surface area contributed by atoms with Gasteiger partial charge in [-0.15, -0.1) is 0 Å². The van der Waals surface area contributed by atoms with Crippen molar-refractivity contribution >= 4 is 51.2 Å². The van der Waals surface area contributed by atoms with Crippen molar-refractivity contribution in [2.24, 2.45) is 5.10 Å². The third-order valence-electron chi connectivity index (χ3n) is 4.50. The first-order valence-corrected chi connectivity index (χ1v) is 11.6. The highest BCUT2D eigenvalue weighted by Gasteiger charge is 2.14. The summed E-state index contributed by atoms with van der Waals surface area (Å²) in [5.41, 5.74) is 5.36. The molecule has 0 bridgehead atoms. The monoisotopic (exact) mass is 543 g/mol. The van der Waals surface area contributed by atoms with Crippen molar-refractivity contribution in [1.82, 2.24) is 5.43 Å². The van der Waals surface area contributed by atoms with Crippen molar-refractivity contribution in [2.75, 3.05) is 18.5 Å². The SMILES string of the molecule is CCOc1cc(/C=N/NC(=O)c2ccc(C)cc2)cc(Br)c1OCC(=O)Nc1ccc(Cl)cc1. The largest absolute Gasteiger partial charge is 0.490 e. The highest BCUT2D eigenvalue weighted by molar-refractivity contribution is 9.10. The summed E-state index contributed by atoms with van der Waals surface area (Å²) in [6, 6.07) is 17.4. The number of aryl methyl sites for hydroxylation is 1. The van der Waals surface area contributed by atoms with Gasteiger partial charge in [-0.3, -0.25) is 9.59 Å². The number of amides is 2. The summed E-state index contributed by atoms with van der Waals surface area (Å²) in [5.74, 6) is 0.171. The standard InChI is InChI=1S/C25H23BrClN3O4/c1-3-33-22-13-17(14-28-30-25(32)18-6-4-16(2)5-7-18)12-21(26)24(22)34-15-23(31)29-20-10-8-19(27)9-11-20/h4-14H,3,15H2,1-2H3,(H,29,31)(H,30,32)/b28-14+. The van der Waals surface area contributed by atoms with Gasteiger partial charge in [0.05, 0.1) is 17.3 Å². The average molecular weight is 545 g/mol. The molecule has 0 aliphatic heterocycles. The van der Waals surface area contributed by atoms with Crippen LogP contribution in [0.1, 0.15) is 28.4 Å². The summed E-state index contributed by atoms with van der Waals surface area (Å²) < 4.78 is 12.0. The Bertz CT molecular complexity index is 1180. The maximum atomic E-state index is 12.3. The molecule has 0 aliphatic carbocycles. The van der Waals surface area contributed by atoms with Crippen LogP contribution in [0.3, 0.4) is 0 Å². The Hall–Kier alpha value is -3.36. The Morgan fingerprint density at radius 3 is 2.44 bits per heavy atom. The minimum Gasteiger partial charge on any atom is -0.490 e. The van der Waals surface area contributed by atoms with E-state index in [1.54, 1.807) is 48.5 Å². The fourth-order valence-electron chi connectivity index (χ4n) is 2.87. The van der Waals surface area contributed by atoms with E-state index in [1.165, 1.54) is 6.21 Å². The maximum absolute atomic E-state index is 12.3. The molecule has 0 atom stereocenters. The topological polar surface area (TPSA) is 89.0 Å². The van der Waals surface area contributed by atoms with E-state index in [-0.39, 0.29) is 18.4 Å². The van der Waals surface area contributed by atoms with Crippen molar-refractivity contribution in [1.29, 1.82) is 0 Å². The molecular formula is C25H23BrClN3O4. The first-order valence-electron chi connectivity index (χ1n) is 10.4. The molecule has 0 fully saturated rings. The molecule has 7 nitrogen and oxygen atoms in total. The minimum atomic E-state index is -0.332. The maximum Gasteiger partial charge on any atom is 0.271 e. The molecule has 9 heteroatoms. The number of rotatable bonds is 9. The molecule has 0 unspecified atom stereocenters. The number of hydrazone groups is 1. The van der Waals surface area contributed by atoms with Crippen LogP contribution >= 0.6 is 27.5 Å². The van der Waals surface area contributed by atoms with E-state index < -0.39 is 0 Å². The molecule has 3 aromatic carbocycles. The lowest BCUT2D eigenvalue weighted by molar-refractivity contribution is -0.118. The van der Waals surface area contributed by atoms with Gasteiger partial charge in [0, 0.05) is 16.3 Å². The van der Waals surface area contributed by atoms with E-state index in [4.69, 9.17) is 21.1 Å². The van der Waals surface area contributed by atoms with Gasteiger partial charge in [0.1, 0.15) is 0 Å². The molecule has 176 valence electrons. The van der Waals surface area contributed by atoms with Gasteiger partial charge in [-0.25, -0.2) is 5.43 Å². The van der Waals surface area contributed by atoms with Crippen LogP contribution in [0.5, 0.6) is 11.5 Å². The molecule has 0 saturated carbocycles. The third-order valence-corrected chi connectivity index (χ3v) is 5.34. The Balaban J connectivity index is 1.65. The van der Waals surface area contributed by atoms with Crippen molar-refractivity contribution < 1.29 is 19.1 Å². The van der Waals surface area contributed by atoms with Crippen LogP contribution in [0, 0.1) is 6.92 Å². The van der Waals surface area contributed by atoms with E-state index in [0.29, 0.717) is 44.4 Å². The number of nitrogens with zero attached hydrogens (tertiary/aromatic N) is 1. The number of anilines is 1. The number of hydrogen-bond donors (Lipinski definition) is 2. The van der Waals surface area contributed by atoms with Gasteiger partial charge in [-0.2, -0.15) is 5.10 Å². The number of nitrogens with one attached hydrogen (secondary N) is 2. The average Bonchev–Trinajstić information content (AvgIpc) is 2.80. The van der Waals surface area contributed by atoms with E-state index >= 15 is 0 Å². The molecule has 0 saturated heterocycles. The van der Waals surface area contributed by atoms with Crippen LogP contribution in [0.15, 0.2) is 70.2 Å². The Morgan fingerprint density at radius 1 is 1.06 bits per heavy atom. The molecule has 0 aliphatic rings. The smallest absolute Gasteiger partial charge is 0.271 e. The van der Waals surface area contributed by atoms with Crippen molar-refractivity contribution in [3.8, 4) is 11.5 Å². The predicted molar refractivity (Wildman–Crippen MR) is 137 cm³/mol. The fourth-order valence-corrected chi connectivity index (χ4v) is 3.57. The van der Waals surface area contributed by atoms with Crippen molar-refractivity contribution in [3.63, 3.8) is 0 Å². The Kier molecular flexibility index (Phi) is 9.07. The molecule has 0 aromatic heterocycles. The van der Waals surface area contributed by atoms with Gasteiger partial charge in [-0.1, -0.05) is 29.3 Å². The molecule has 0 radical (unpaired) electrons. The second-order valence-electron chi connectivity index (χ2n) is 7.17. The van der Waals surface area contributed by atoms with Gasteiger partial charge < -0.3 is 14.8 Å². The third kappa shape index (κ3) is 7.33. The summed E-state index contributed by atoms with van der Waals surface area (Å²) in [6.45, 7) is 3.96. The molecule has 3 aromatic rings. The normalized spacial score (nSPS) is 10.7. The van der Waals surface area contributed by atoms with Gasteiger partial charge in [-0.05, 0) is 83.9 Å². The van der Waals surface area contributed by atoms with E-state index in [9.17, 15) is 9.59 Å². The number of carbonyl (C=O) groups is 2. The second kappa shape index (κ2) is 12.2. The zero-order valence-electron chi connectivity index (χ0n) is 18.6. The number of hydrogen-bond acceptors (Lipinski definition) is 5. The zero-order chi connectivity index (χ0) is 24.5. The molecule has 34 heavy (non-hydrogen) atoms. The highest BCUT2D eigenvalue weighted by Crippen LogP contribution is 2.36. The number of carbonyl (C=O) groups excluding carboxylic acids is 2. The van der Waals surface area contributed by atoms with Crippen LogP contribution in [0.4, 0.5) is 5.69 Å². The number of benzene rings is 3. The number of halogens is 2. The lowest BCUT2D eigenvalue weighted by Crippen LogP contribution is -2.20. The lowest BCUT2D eigenvalue weighted by Gasteiger charge is -2.14. The van der Waals surface area contributed by atoms with Crippen molar-refractivity contribution in [2.45, 2.75) is 13.8 Å². The first-order chi connectivity index (χ1) is 16.4. The summed E-state index contributed by atoms with van der Waals surface area (Å²) in [7, 11) is 0. The molecule has 2 amide bonds. The summed E-state index contributed by atoms with van der Waals surface area (Å²) in [4.78, 5) is 24.5. The quantitative estimate of drug-likeness (QED) is 0.271. The van der Waals surface area contributed by atoms with Gasteiger partial charge in [0.25, 0.3) is 11.8 Å². The van der Waals surface area contributed by atoms with Crippen molar-refractivity contribution in [3.05, 3.63) is 86.8 Å². The highest BCUT2D eigenvalue weighted by atomic mass is 79.9. The zero-order valence-corrected chi connectivity index (χ0v) is 20.9. The summed E-state index contributed by atoms with van der Waals surface area (Å²) >= 11 is 9.32. The van der Waals surface area contributed by atoms with Crippen LogP contribution in [0.2, 0.25) is 5.02 Å². The Morgan fingerprint density at radius 2 is 1.76 bits per heavy atom. The molecule has 3 rings (SSSR count). The van der Waals surface area contributed by atoms with Crippen LogP contribution < -0.4 is 20.2 Å².